The van der Waals surface area contributed by atoms with Crippen molar-refractivity contribution in [2.24, 2.45) is 5.73 Å². The lowest BCUT2D eigenvalue weighted by molar-refractivity contribution is -0.153. The van der Waals surface area contributed by atoms with Crippen LogP contribution < -0.4 is 15.8 Å². The summed E-state index contributed by atoms with van der Waals surface area (Å²) in [5, 5.41) is 2.62. The predicted octanol–water partition coefficient (Wildman–Crippen LogP) is 1.92. The summed E-state index contributed by atoms with van der Waals surface area (Å²) in [4.78, 5) is 11.8. The Hall–Kier alpha value is -1.80. The number of amides is 1. The van der Waals surface area contributed by atoms with Crippen LogP contribution in [-0.4, -0.2) is 38.4 Å². The second kappa shape index (κ2) is 8.73. The smallest absolute Gasteiger partial charge is 0.422 e. The number of ether oxygens (including phenoxy) is 2. The van der Waals surface area contributed by atoms with Crippen LogP contribution in [0.15, 0.2) is 18.2 Å². The largest absolute Gasteiger partial charge is 0.484 e. The SMILES string of the molecule is COC(CN)CC(=O)NCc1ccc(C)cc1OCC(F)(F)F. The van der Waals surface area contributed by atoms with E-state index in [1.165, 1.54) is 13.2 Å². The number of carbonyl (C=O) groups excluding carboxylic acids is 1. The fraction of sp³-hybridized carbons (Fsp3) is 0.533. The molecule has 0 fully saturated rings. The number of rotatable bonds is 8. The Morgan fingerprint density at radius 3 is 2.65 bits per heavy atom. The van der Waals surface area contributed by atoms with Gasteiger partial charge in [-0.15, -0.1) is 0 Å². The van der Waals surface area contributed by atoms with Crippen LogP contribution in [0.1, 0.15) is 17.5 Å². The molecule has 1 unspecified atom stereocenters. The van der Waals surface area contributed by atoms with Crippen LogP contribution in [0.2, 0.25) is 0 Å². The summed E-state index contributed by atoms with van der Waals surface area (Å²) in [6.07, 6.45) is -4.73. The van der Waals surface area contributed by atoms with E-state index in [2.05, 4.69) is 5.32 Å². The molecule has 23 heavy (non-hydrogen) atoms. The molecule has 0 aliphatic heterocycles. The van der Waals surface area contributed by atoms with Gasteiger partial charge in [0.05, 0.1) is 12.5 Å². The zero-order valence-corrected chi connectivity index (χ0v) is 13.1. The molecule has 3 N–H and O–H groups in total. The highest BCUT2D eigenvalue weighted by Crippen LogP contribution is 2.23. The fourth-order valence-electron chi connectivity index (χ4n) is 1.84. The van der Waals surface area contributed by atoms with Crippen molar-refractivity contribution in [3.05, 3.63) is 29.3 Å². The van der Waals surface area contributed by atoms with Gasteiger partial charge in [0.1, 0.15) is 5.75 Å². The first-order valence-corrected chi connectivity index (χ1v) is 7.03. The number of nitrogens with two attached hydrogens (primary N) is 1. The van der Waals surface area contributed by atoms with Crippen LogP contribution in [0.25, 0.3) is 0 Å². The molecule has 0 bridgehead atoms. The maximum Gasteiger partial charge on any atom is 0.422 e. The average molecular weight is 334 g/mol. The summed E-state index contributed by atoms with van der Waals surface area (Å²) in [5.74, 6) is -0.200. The van der Waals surface area contributed by atoms with Gasteiger partial charge >= 0.3 is 6.18 Å². The van der Waals surface area contributed by atoms with Crippen LogP contribution in [-0.2, 0) is 16.1 Å². The summed E-state index contributed by atoms with van der Waals surface area (Å²) < 4.78 is 46.7. The van der Waals surface area contributed by atoms with Gasteiger partial charge in [-0.3, -0.25) is 4.79 Å². The molecule has 130 valence electrons. The van der Waals surface area contributed by atoms with Crippen LogP contribution in [0, 0.1) is 6.92 Å². The van der Waals surface area contributed by atoms with Gasteiger partial charge in [0.2, 0.25) is 5.91 Å². The van der Waals surface area contributed by atoms with Crippen molar-refractivity contribution in [1.29, 1.82) is 0 Å². The second-order valence-corrected chi connectivity index (χ2v) is 5.09. The van der Waals surface area contributed by atoms with E-state index in [-0.39, 0.29) is 31.2 Å². The van der Waals surface area contributed by atoms with E-state index in [1.807, 2.05) is 0 Å². The Labute approximate surface area is 132 Å². The molecule has 5 nitrogen and oxygen atoms in total. The number of nitrogens with one attached hydrogen (secondary N) is 1. The topological polar surface area (TPSA) is 73.6 Å². The molecule has 1 aromatic carbocycles. The van der Waals surface area contributed by atoms with Gasteiger partial charge in [-0.25, -0.2) is 0 Å². The molecule has 0 aliphatic carbocycles. The lowest BCUT2D eigenvalue weighted by Crippen LogP contribution is -2.32. The number of methoxy groups -OCH3 is 1. The van der Waals surface area contributed by atoms with E-state index in [9.17, 15) is 18.0 Å². The first-order chi connectivity index (χ1) is 10.7. The monoisotopic (exact) mass is 334 g/mol. The van der Waals surface area contributed by atoms with Crippen molar-refractivity contribution < 1.29 is 27.4 Å². The van der Waals surface area contributed by atoms with Crippen molar-refractivity contribution in [3.8, 4) is 5.75 Å². The van der Waals surface area contributed by atoms with E-state index in [1.54, 1.807) is 19.1 Å². The van der Waals surface area contributed by atoms with E-state index >= 15 is 0 Å². The number of alkyl halides is 3. The third-order valence-electron chi connectivity index (χ3n) is 3.10. The standard InChI is InChI=1S/C15H21F3N2O3/c1-10-3-4-11(13(5-10)23-9-15(16,17)18)8-20-14(21)6-12(7-19)22-2/h3-5,12H,6-9,19H2,1-2H3,(H,20,21). The zero-order chi connectivity index (χ0) is 17.5. The molecule has 0 spiro atoms. The van der Waals surface area contributed by atoms with E-state index in [4.69, 9.17) is 15.2 Å². The van der Waals surface area contributed by atoms with E-state index in [0.717, 1.165) is 5.56 Å². The normalized spacial score (nSPS) is 12.8. The Kier molecular flexibility index (Phi) is 7.31. The summed E-state index contributed by atoms with van der Waals surface area (Å²) in [7, 11) is 1.45. The summed E-state index contributed by atoms with van der Waals surface area (Å²) in [5.41, 5.74) is 6.66. The van der Waals surface area contributed by atoms with Gasteiger partial charge in [-0.1, -0.05) is 12.1 Å². The zero-order valence-electron chi connectivity index (χ0n) is 13.1. The molecule has 1 aromatic rings. The average Bonchev–Trinajstić information content (AvgIpc) is 2.48. The van der Waals surface area contributed by atoms with Crippen LogP contribution in [0.4, 0.5) is 13.2 Å². The highest BCUT2D eigenvalue weighted by molar-refractivity contribution is 5.76. The molecule has 0 radical (unpaired) electrons. The minimum absolute atomic E-state index is 0.0628. The number of hydrogen-bond acceptors (Lipinski definition) is 4. The molecular formula is C15H21F3N2O3. The third kappa shape index (κ3) is 7.34. The lowest BCUT2D eigenvalue weighted by atomic mass is 10.1. The van der Waals surface area contributed by atoms with Crippen LogP contribution >= 0.6 is 0 Å². The number of halogens is 3. The van der Waals surface area contributed by atoms with Crippen LogP contribution in [0.5, 0.6) is 5.75 Å². The molecule has 1 amide bonds. The minimum Gasteiger partial charge on any atom is -0.484 e. The first kappa shape index (κ1) is 19.2. The Morgan fingerprint density at radius 1 is 1.39 bits per heavy atom. The van der Waals surface area contributed by atoms with Gasteiger partial charge < -0.3 is 20.5 Å². The summed E-state index contributed by atoms with van der Waals surface area (Å²) in [6, 6.07) is 4.86. The molecule has 0 aromatic heterocycles. The second-order valence-electron chi connectivity index (χ2n) is 5.09. The minimum atomic E-state index is -4.42. The van der Waals surface area contributed by atoms with Crippen LogP contribution in [0.3, 0.4) is 0 Å². The maximum atomic E-state index is 12.3. The van der Waals surface area contributed by atoms with E-state index in [0.29, 0.717) is 5.56 Å². The molecule has 0 saturated carbocycles. The molecular weight excluding hydrogens is 313 g/mol. The quantitative estimate of drug-likeness (QED) is 0.762. The third-order valence-corrected chi connectivity index (χ3v) is 3.10. The van der Waals surface area contributed by atoms with Crippen molar-refractivity contribution in [1.82, 2.24) is 5.32 Å². The van der Waals surface area contributed by atoms with Gasteiger partial charge in [-0.2, -0.15) is 13.2 Å². The van der Waals surface area contributed by atoms with Gasteiger partial charge in [0, 0.05) is 25.8 Å². The summed E-state index contributed by atoms with van der Waals surface area (Å²) in [6.45, 7) is 0.630. The Morgan fingerprint density at radius 2 is 2.09 bits per heavy atom. The number of carbonyl (C=O) groups is 1. The summed E-state index contributed by atoms with van der Waals surface area (Å²) >= 11 is 0. The Balaban J connectivity index is 2.67. The fourth-order valence-corrected chi connectivity index (χ4v) is 1.84. The molecule has 0 saturated heterocycles. The number of aryl methyl sites for hydroxylation is 1. The maximum absolute atomic E-state index is 12.3. The van der Waals surface area contributed by atoms with Gasteiger partial charge in [0.25, 0.3) is 0 Å². The number of benzene rings is 1. The molecule has 1 rings (SSSR count). The van der Waals surface area contributed by atoms with Crippen molar-refractivity contribution in [3.63, 3.8) is 0 Å². The molecule has 8 heteroatoms. The lowest BCUT2D eigenvalue weighted by Gasteiger charge is -2.16. The first-order valence-electron chi connectivity index (χ1n) is 7.03. The Bertz CT molecular complexity index is 517. The molecule has 1 atom stereocenters. The number of hydrogen-bond donors (Lipinski definition) is 2. The highest BCUT2D eigenvalue weighted by atomic mass is 19.4. The predicted molar refractivity (Wildman–Crippen MR) is 79.0 cm³/mol. The van der Waals surface area contributed by atoms with E-state index < -0.39 is 18.9 Å². The van der Waals surface area contributed by atoms with Crippen molar-refractivity contribution in [2.45, 2.75) is 32.2 Å². The van der Waals surface area contributed by atoms with Crippen molar-refractivity contribution >= 4 is 5.91 Å². The van der Waals surface area contributed by atoms with Gasteiger partial charge in [-0.05, 0) is 18.6 Å². The highest BCUT2D eigenvalue weighted by Gasteiger charge is 2.28. The molecule has 0 aliphatic rings. The molecule has 0 heterocycles. The van der Waals surface area contributed by atoms with Gasteiger partial charge in [0.15, 0.2) is 6.61 Å². The van der Waals surface area contributed by atoms with Crippen molar-refractivity contribution in [2.75, 3.05) is 20.3 Å².